The number of amides is 2. The van der Waals surface area contributed by atoms with E-state index in [1.165, 1.54) is 7.11 Å². The molecular weight excluding hydrogens is 455 g/mol. The van der Waals surface area contributed by atoms with E-state index in [2.05, 4.69) is 5.32 Å². The van der Waals surface area contributed by atoms with Gasteiger partial charge in [-0.2, -0.15) is 0 Å². The standard InChI is InChI=1S/C23H22F3N3O5/c1-34-15-8-23-4-2-3-5-28(10-23)22(33)18-20(31)19(30)16(17(15)29(18)23)21(32)27-9-12-13(25)6-11(24)7-14(12)26/h6-7,15,31H,2-5,8-10H2,1H3,(H,27,32)/t15?,23-/m1/s1. The molecule has 1 fully saturated rings. The minimum atomic E-state index is -1.19. The summed E-state index contributed by atoms with van der Waals surface area (Å²) in [5.41, 5.74) is -2.74. The monoisotopic (exact) mass is 477 g/mol. The van der Waals surface area contributed by atoms with E-state index in [0.717, 1.165) is 12.8 Å². The topological polar surface area (TPSA) is 101 Å². The summed E-state index contributed by atoms with van der Waals surface area (Å²) in [7, 11) is 1.42. The summed E-state index contributed by atoms with van der Waals surface area (Å²) >= 11 is 0. The molecule has 8 nitrogen and oxygen atoms in total. The van der Waals surface area contributed by atoms with Crippen LogP contribution >= 0.6 is 0 Å². The molecule has 34 heavy (non-hydrogen) atoms. The van der Waals surface area contributed by atoms with E-state index >= 15 is 0 Å². The summed E-state index contributed by atoms with van der Waals surface area (Å²) in [5.74, 6) is -5.81. The van der Waals surface area contributed by atoms with E-state index in [9.17, 15) is 32.7 Å². The van der Waals surface area contributed by atoms with Gasteiger partial charge in [0.2, 0.25) is 5.43 Å². The molecule has 1 saturated heterocycles. The summed E-state index contributed by atoms with van der Waals surface area (Å²) < 4.78 is 48.4. The lowest BCUT2D eigenvalue weighted by atomic mass is 9.88. The number of ether oxygens (including phenoxy) is 1. The molecule has 0 saturated carbocycles. The molecule has 4 heterocycles. The Hall–Kier alpha value is -3.34. The summed E-state index contributed by atoms with van der Waals surface area (Å²) in [6.45, 7) is 0.201. The number of methoxy groups -OCH3 is 1. The maximum atomic E-state index is 14.0. The van der Waals surface area contributed by atoms with Crippen LogP contribution in [-0.4, -0.2) is 46.6 Å². The fourth-order valence-electron chi connectivity index (χ4n) is 5.56. The van der Waals surface area contributed by atoms with Gasteiger partial charge in [-0.25, -0.2) is 13.2 Å². The van der Waals surface area contributed by atoms with E-state index in [1.54, 1.807) is 9.47 Å². The second-order valence-corrected chi connectivity index (χ2v) is 8.99. The molecule has 2 bridgehead atoms. The van der Waals surface area contributed by atoms with Gasteiger partial charge < -0.3 is 24.6 Å². The minimum Gasteiger partial charge on any atom is -0.503 e. The molecule has 5 rings (SSSR count). The normalized spacial score (nSPS) is 23.0. The first kappa shape index (κ1) is 22.5. The SMILES string of the molecule is COC1C[C@]23CCCCN(C2)C(=O)c2c(O)c(=O)c(C(=O)NCc4c(F)cc(F)cc4F)c1n23. The Kier molecular flexibility index (Phi) is 5.19. The Bertz CT molecular complexity index is 1270. The van der Waals surface area contributed by atoms with Gasteiger partial charge in [0.15, 0.2) is 11.4 Å². The van der Waals surface area contributed by atoms with Crippen LogP contribution in [0.5, 0.6) is 5.75 Å². The van der Waals surface area contributed by atoms with Gasteiger partial charge in [-0.1, -0.05) is 0 Å². The molecule has 2 atom stereocenters. The van der Waals surface area contributed by atoms with Crippen molar-refractivity contribution in [1.29, 1.82) is 0 Å². The van der Waals surface area contributed by atoms with Crippen molar-refractivity contribution in [3.8, 4) is 5.75 Å². The number of hydrogen-bond donors (Lipinski definition) is 2. The number of nitrogens with zero attached hydrogens (tertiary/aromatic N) is 2. The van der Waals surface area contributed by atoms with Gasteiger partial charge in [0.1, 0.15) is 29.1 Å². The molecule has 0 aliphatic carbocycles. The van der Waals surface area contributed by atoms with Crippen molar-refractivity contribution in [2.24, 2.45) is 0 Å². The second-order valence-electron chi connectivity index (χ2n) is 8.99. The van der Waals surface area contributed by atoms with Crippen LogP contribution < -0.4 is 10.7 Å². The highest BCUT2D eigenvalue weighted by Gasteiger charge is 2.54. The zero-order chi connectivity index (χ0) is 24.4. The molecule has 1 aromatic carbocycles. The Labute approximate surface area is 191 Å². The molecule has 1 spiro atoms. The molecule has 0 radical (unpaired) electrons. The Morgan fingerprint density at radius 2 is 1.94 bits per heavy atom. The van der Waals surface area contributed by atoms with Crippen LogP contribution in [0, 0.1) is 17.5 Å². The zero-order valence-corrected chi connectivity index (χ0v) is 18.3. The van der Waals surface area contributed by atoms with Crippen molar-refractivity contribution in [2.45, 2.75) is 43.9 Å². The van der Waals surface area contributed by atoms with Gasteiger partial charge in [-0.3, -0.25) is 14.4 Å². The van der Waals surface area contributed by atoms with Crippen LogP contribution in [0.4, 0.5) is 13.2 Å². The number of benzene rings is 1. The highest BCUT2D eigenvalue weighted by atomic mass is 19.1. The van der Waals surface area contributed by atoms with Crippen LogP contribution in [0.3, 0.4) is 0 Å². The first-order valence-electron chi connectivity index (χ1n) is 10.9. The lowest BCUT2D eigenvalue weighted by molar-refractivity contribution is 0.0497. The van der Waals surface area contributed by atoms with Gasteiger partial charge in [0, 0.05) is 50.9 Å². The Morgan fingerprint density at radius 1 is 1.24 bits per heavy atom. The fraction of sp³-hybridized carbons (Fsp3) is 0.435. The number of aromatic nitrogens is 1. The predicted octanol–water partition coefficient (Wildman–Crippen LogP) is 2.33. The van der Waals surface area contributed by atoms with Crippen molar-refractivity contribution in [2.75, 3.05) is 20.2 Å². The molecule has 1 unspecified atom stereocenters. The highest BCUT2D eigenvalue weighted by molar-refractivity contribution is 6.00. The molecule has 2 amide bonds. The number of nitrogens with one attached hydrogen (secondary N) is 1. The summed E-state index contributed by atoms with van der Waals surface area (Å²) in [6, 6.07) is 0.968. The third-order valence-electron chi connectivity index (χ3n) is 7.07. The molecule has 11 heteroatoms. The number of fused-ring (bicyclic) bond motifs is 1. The average Bonchev–Trinajstić information content (AvgIpc) is 2.96. The van der Waals surface area contributed by atoms with Crippen LogP contribution in [0.2, 0.25) is 0 Å². The van der Waals surface area contributed by atoms with Crippen molar-refractivity contribution in [3.05, 3.63) is 62.3 Å². The molecule has 3 aliphatic rings. The van der Waals surface area contributed by atoms with Gasteiger partial charge >= 0.3 is 0 Å². The van der Waals surface area contributed by atoms with Gasteiger partial charge in [-0.05, 0) is 19.3 Å². The number of hydrogen-bond acceptors (Lipinski definition) is 5. The van der Waals surface area contributed by atoms with E-state index in [1.807, 2.05) is 0 Å². The van der Waals surface area contributed by atoms with Crippen molar-refractivity contribution >= 4 is 11.8 Å². The van der Waals surface area contributed by atoms with Crippen molar-refractivity contribution in [3.63, 3.8) is 0 Å². The number of rotatable bonds is 4. The van der Waals surface area contributed by atoms with E-state index in [0.29, 0.717) is 38.1 Å². The maximum absolute atomic E-state index is 14.0. The van der Waals surface area contributed by atoms with Gasteiger partial charge in [0.05, 0.1) is 11.2 Å². The Morgan fingerprint density at radius 3 is 2.62 bits per heavy atom. The quantitative estimate of drug-likeness (QED) is 0.704. The number of carbonyl (C=O) groups excluding carboxylic acids is 2. The third-order valence-corrected chi connectivity index (χ3v) is 7.07. The molecule has 2 N–H and O–H groups in total. The first-order valence-corrected chi connectivity index (χ1v) is 10.9. The smallest absolute Gasteiger partial charge is 0.274 e. The largest absolute Gasteiger partial charge is 0.503 e. The van der Waals surface area contributed by atoms with Crippen LogP contribution in [-0.2, 0) is 16.8 Å². The van der Waals surface area contributed by atoms with E-state index in [-0.39, 0.29) is 11.4 Å². The number of halogens is 3. The number of carbonyl (C=O) groups is 2. The molecular formula is C23H22F3N3O5. The maximum Gasteiger partial charge on any atom is 0.274 e. The molecule has 2 aromatic rings. The van der Waals surface area contributed by atoms with Crippen LogP contribution in [0.1, 0.15) is 63.9 Å². The van der Waals surface area contributed by atoms with Crippen molar-refractivity contribution < 1.29 is 32.6 Å². The molecule has 1 aromatic heterocycles. The lowest BCUT2D eigenvalue weighted by Crippen LogP contribution is -2.52. The summed E-state index contributed by atoms with van der Waals surface area (Å²) in [5, 5.41) is 13.0. The minimum absolute atomic E-state index is 0.160. The van der Waals surface area contributed by atoms with Crippen LogP contribution in [0.15, 0.2) is 16.9 Å². The lowest BCUT2D eigenvalue weighted by Gasteiger charge is -2.41. The van der Waals surface area contributed by atoms with E-state index in [4.69, 9.17) is 4.74 Å². The fourth-order valence-corrected chi connectivity index (χ4v) is 5.56. The van der Waals surface area contributed by atoms with E-state index < -0.39 is 69.8 Å². The summed E-state index contributed by atoms with van der Waals surface area (Å²) in [6.07, 6.45) is 1.91. The third kappa shape index (κ3) is 3.13. The number of aromatic hydroxyl groups is 1. The van der Waals surface area contributed by atoms with Gasteiger partial charge in [-0.15, -0.1) is 0 Å². The van der Waals surface area contributed by atoms with Crippen LogP contribution in [0.25, 0.3) is 0 Å². The molecule has 3 aliphatic heterocycles. The molecule has 180 valence electrons. The van der Waals surface area contributed by atoms with Gasteiger partial charge in [0.25, 0.3) is 11.8 Å². The average molecular weight is 477 g/mol. The first-order chi connectivity index (χ1) is 16.2. The Balaban J connectivity index is 1.63. The zero-order valence-electron chi connectivity index (χ0n) is 18.3. The number of pyridine rings is 1. The predicted molar refractivity (Wildman–Crippen MR) is 112 cm³/mol. The second kappa shape index (κ2) is 7.86. The van der Waals surface area contributed by atoms with Crippen molar-refractivity contribution in [1.82, 2.24) is 14.8 Å². The highest BCUT2D eigenvalue weighted by Crippen LogP contribution is 2.50. The summed E-state index contributed by atoms with van der Waals surface area (Å²) in [4.78, 5) is 41.0.